The summed E-state index contributed by atoms with van der Waals surface area (Å²) in [5, 5.41) is 21.0. The molecule has 1 aromatic carbocycles. The van der Waals surface area contributed by atoms with Crippen LogP contribution in [0.15, 0.2) is 36.5 Å². The Balaban J connectivity index is 2.15. The van der Waals surface area contributed by atoms with Crippen LogP contribution < -0.4 is 5.32 Å². The van der Waals surface area contributed by atoms with Crippen molar-refractivity contribution in [2.24, 2.45) is 0 Å². The van der Waals surface area contributed by atoms with E-state index in [2.05, 4.69) is 10.3 Å². The molecular formula is C15H12N4. The zero-order chi connectivity index (χ0) is 13.7. The summed E-state index contributed by atoms with van der Waals surface area (Å²) in [6.45, 7) is 2.59. The van der Waals surface area contributed by atoms with Crippen LogP contribution in [0.2, 0.25) is 0 Å². The summed E-state index contributed by atoms with van der Waals surface area (Å²) >= 11 is 0. The lowest BCUT2D eigenvalue weighted by Gasteiger charge is -2.08. The predicted molar refractivity (Wildman–Crippen MR) is 72.2 cm³/mol. The zero-order valence-corrected chi connectivity index (χ0v) is 10.5. The van der Waals surface area contributed by atoms with Crippen molar-refractivity contribution in [3.63, 3.8) is 0 Å². The van der Waals surface area contributed by atoms with Crippen LogP contribution >= 0.6 is 0 Å². The fourth-order valence-corrected chi connectivity index (χ4v) is 1.73. The monoisotopic (exact) mass is 248 g/mol. The van der Waals surface area contributed by atoms with Crippen molar-refractivity contribution in [3.05, 3.63) is 58.9 Å². The summed E-state index contributed by atoms with van der Waals surface area (Å²) in [7, 11) is 0. The quantitative estimate of drug-likeness (QED) is 0.906. The third-order valence-electron chi connectivity index (χ3n) is 2.84. The number of hydrogen-bond acceptors (Lipinski definition) is 4. The number of nitriles is 2. The molecule has 0 spiro atoms. The maximum absolute atomic E-state index is 8.96. The topological polar surface area (TPSA) is 72.5 Å². The predicted octanol–water partition coefficient (Wildman–Crippen LogP) is 2.75. The van der Waals surface area contributed by atoms with E-state index in [9.17, 15) is 0 Å². The molecule has 0 fully saturated rings. The van der Waals surface area contributed by atoms with Crippen LogP contribution in [0, 0.1) is 29.6 Å². The van der Waals surface area contributed by atoms with Crippen LogP contribution in [-0.2, 0) is 6.54 Å². The van der Waals surface area contributed by atoms with Gasteiger partial charge >= 0.3 is 0 Å². The molecule has 92 valence electrons. The van der Waals surface area contributed by atoms with Gasteiger partial charge in [-0.2, -0.15) is 10.5 Å². The minimum atomic E-state index is 0.380. The van der Waals surface area contributed by atoms with Gasteiger partial charge in [0.1, 0.15) is 12.1 Å². The van der Waals surface area contributed by atoms with Crippen molar-refractivity contribution in [3.8, 4) is 12.1 Å². The molecule has 0 atom stereocenters. The van der Waals surface area contributed by atoms with Gasteiger partial charge in [-0.1, -0.05) is 6.07 Å². The van der Waals surface area contributed by atoms with Crippen molar-refractivity contribution >= 4 is 5.69 Å². The summed E-state index contributed by atoms with van der Waals surface area (Å²) in [6, 6.07) is 13.0. The first-order valence-electron chi connectivity index (χ1n) is 5.83. The van der Waals surface area contributed by atoms with Crippen molar-refractivity contribution in [1.29, 1.82) is 10.5 Å². The lowest BCUT2D eigenvalue weighted by molar-refractivity contribution is 1.02. The van der Waals surface area contributed by atoms with Gasteiger partial charge < -0.3 is 5.32 Å². The Morgan fingerprint density at radius 2 is 1.95 bits per heavy atom. The number of rotatable bonds is 3. The van der Waals surface area contributed by atoms with E-state index in [1.165, 1.54) is 0 Å². The molecule has 19 heavy (non-hydrogen) atoms. The third-order valence-corrected chi connectivity index (χ3v) is 2.84. The molecule has 0 bridgehead atoms. The third kappa shape index (κ3) is 2.88. The molecular weight excluding hydrogens is 236 g/mol. The van der Waals surface area contributed by atoms with Gasteiger partial charge in [-0.05, 0) is 36.8 Å². The second-order valence-corrected chi connectivity index (χ2v) is 4.10. The van der Waals surface area contributed by atoms with Gasteiger partial charge in [-0.15, -0.1) is 0 Å². The van der Waals surface area contributed by atoms with E-state index in [1.807, 2.05) is 31.2 Å². The minimum Gasteiger partial charge on any atom is -0.379 e. The average Bonchev–Trinajstić information content (AvgIpc) is 2.46. The lowest BCUT2D eigenvalue weighted by atomic mass is 10.1. The SMILES string of the molecule is Cc1cccnc1CNc1ccc(C#N)c(C#N)c1. The van der Waals surface area contributed by atoms with Gasteiger partial charge in [0.15, 0.2) is 0 Å². The fraction of sp³-hybridized carbons (Fsp3) is 0.133. The number of anilines is 1. The summed E-state index contributed by atoms with van der Waals surface area (Å²) in [6.07, 6.45) is 1.75. The fourth-order valence-electron chi connectivity index (χ4n) is 1.73. The number of hydrogen-bond donors (Lipinski definition) is 1. The molecule has 2 rings (SSSR count). The molecule has 1 aromatic heterocycles. The number of pyridine rings is 1. The van der Waals surface area contributed by atoms with Gasteiger partial charge in [0.2, 0.25) is 0 Å². The summed E-state index contributed by atoms with van der Waals surface area (Å²) < 4.78 is 0. The molecule has 1 heterocycles. The molecule has 0 radical (unpaired) electrons. The highest BCUT2D eigenvalue weighted by atomic mass is 14.9. The van der Waals surface area contributed by atoms with E-state index < -0.39 is 0 Å². The van der Waals surface area contributed by atoms with Gasteiger partial charge in [-0.3, -0.25) is 4.98 Å². The first-order valence-corrected chi connectivity index (χ1v) is 5.83. The van der Waals surface area contributed by atoms with Gasteiger partial charge in [0.05, 0.1) is 23.4 Å². The molecule has 0 saturated heterocycles. The van der Waals surface area contributed by atoms with Crippen molar-refractivity contribution in [1.82, 2.24) is 4.98 Å². The highest BCUT2D eigenvalue weighted by Crippen LogP contribution is 2.15. The number of aromatic nitrogens is 1. The Bertz CT molecular complexity index is 677. The number of benzene rings is 1. The molecule has 0 saturated carbocycles. The van der Waals surface area contributed by atoms with Crippen molar-refractivity contribution in [2.45, 2.75) is 13.5 Å². The average molecular weight is 248 g/mol. The second kappa shape index (κ2) is 5.66. The Hall–Kier alpha value is -2.85. The van der Waals surface area contributed by atoms with Crippen LogP contribution in [-0.4, -0.2) is 4.98 Å². The van der Waals surface area contributed by atoms with Crippen LogP contribution in [0.4, 0.5) is 5.69 Å². The second-order valence-electron chi connectivity index (χ2n) is 4.10. The Labute approximate surface area is 112 Å². The van der Waals surface area contributed by atoms with E-state index in [0.717, 1.165) is 16.9 Å². The molecule has 2 aromatic rings. The minimum absolute atomic E-state index is 0.380. The van der Waals surface area contributed by atoms with Crippen LogP contribution in [0.3, 0.4) is 0 Å². The Morgan fingerprint density at radius 1 is 1.16 bits per heavy atom. The van der Waals surface area contributed by atoms with Crippen LogP contribution in [0.25, 0.3) is 0 Å². The van der Waals surface area contributed by atoms with Crippen molar-refractivity contribution < 1.29 is 0 Å². The maximum Gasteiger partial charge on any atom is 0.101 e. The Morgan fingerprint density at radius 3 is 2.63 bits per heavy atom. The van der Waals surface area contributed by atoms with Crippen LogP contribution in [0.1, 0.15) is 22.4 Å². The molecule has 4 heteroatoms. The first-order chi connectivity index (χ1) is 9.24. The van der Waals surface area contributed by atoms with E-state index in [4.69, 9.17) is 10.5 Å². The molecule has 0 aliphatic heterocycles. The molecule has 0 aliphatic rings. The number of nitrogens with zero attached hydrogens (tertiary/aromatic N) is 3. The number of nitrogens with one attached hydrogen (secondary N) is 1. The number of aryl methyl sites for hydroxylation is 1. The van der Waals surface area contributed by atoms with E-state index in [0.29, 0.717) is 17.7 Å². The van der Waals surface area contributed by atoms with E-state index in [1.54, 1.807) is 24.4 Å². The first kappa shape index (κ1) is 12.6. The van der Waals surface area contributed by atoms with E-state index >= 15 is 0 Å². The van der Waals surface area contributed by atoms with Gasteiger partial charge in [-0.25, -0.2) is 0 Å². The maximum atomic E-state index is 8.96. The molecule has 4 nitrogen and oxygen atoms in total. The summed E-state index contributed by atoms with van der Waals surface area (Å²) in [5.74, 6) is 0. The van der Waals surface area contributed by atoms with Crippen LogP contribution in [0.5, 0.6) is 0 Å². The normalized spacial score (nSPS) is 9.42. The standard InChI is InChI=1S/C15H12N4/c1-11-3-2-6-18-15(11)10-19-14-5-4-12(8-16)13(7-14)9-17/h2-7,19H,10H2,1H3. The summed E-state index contributed by atoms with van der Waals surface area (Å²) in [4.78, 5) is 4.29. The lowest BCUT2D eigenvalue weighted by Crippen LogP contribution is -2.03. The Kier molecular flexibility index (Phi) is 3.75. The van der Waals surface area contributed by atoms with Crippen molar-refractivity contribution in [2.75, 3.05) is 5.32 Å². The molecule has 0 unspecified atom stereocenters. The highest BCUT2D eigenvalue weighted by Gasteiger charge is 2.03. The largest absolute Gasteiger partial charge is 0.379 e. The highest BCUT2D eigenvalue weighted by molar-refractivity contribution is 5.56. The summed E-state index contributed by atoms with van der Waals surface area (Å²) in [5.41, 5.74) is 3.66. The smallest absolute Gasteiger partial charge is 0.101 e. The zero-order valence-electron chi connectivity index (χ0n) is 10.5. The van der Waals surface area contributed by atoms with Gasteiger partial charge in [0, 0.05) is 11.9 Å². The van der Waals surface area contributed by atoms with E-state index in [-0.39, 0.29) is 0 Å². The molecule has 1 N–H and O–H groups in total. The van der Waals surface area contributed by atoms with Gasteiger partial charge in [0.25, 0.3) is 0 Å². The molecule has 0 aliphatic carbocycles. The molecule has 0 amide bonds.